The Kier molecular flexibility index (Phi) is 3.50. The van der Waals surface area contributed by atoms with Crippen molar-refractivity contribution in [3.05, 3.63) is 35.1 Å². The molecule has 0 bridgehead atoms. The molecule has 0 spiro atoms. The van der Waals surface area contributed by atoms with Gasteiger partial charge in [-0.3, -0.25) is 4.90 Å². The number of hydrogen-bond acceptors (Lipinski definition) is 3. The molecule has 100 valence electrons. The number of benzene rings is 1. The average molecular weight is 260 g/mol. The van der Waals surface area contributed by atoms with Crippen LogP contribution in [0.15, 0.2) is 18.2 Å². The number of nitrogens with zero attached hydrogens (tertiary/aromatic N) is 2. The first kappa shape index (κ1) is 12.6. The van der Waals surface area contributed by atoms with Gasteiger partial charge in [0.1, 0.15) is 5.82 Å². The lowest BCUT2D eigenvalue weighted by molar-refractivity contribution is -0.0588. The molecule has 3 rings (SSSR count). The quantitative estimate of drug-likeness (QED) is 0.819. The highest BCUT2D eigenvalue weighted by atomic mass is 19.1. The second kappa shape index (κ2) is 5.28. The van der Waals surface area contributed by atoms with E-state index in [1.54, 1.807) is 6.07 Å². The lowest BCUT2D eigenvalue weighted by Gasteiger charge is -2.37. The highest BCUT2D eigenvalue weighted by Crippen LogP contribution is 2.30. The van der Waals surface area contributed by atoms with Crippen LogP contribution >= 0.6 is 0 Å². The highest BCUT2D eigenvalue weighted by molar-refractivity contribution is 5.33. The Morgan fingerprint density at radius 3 is 3.11 bits per heavy atom. The molecule has 1 saturated heterocycles. The van der Waals surface area contributed by atoms with Crippen LogP contribution in [0.4, 0.5) is 4.39 Å². The van der Waals surface area contributed by atoms with Crippen molar-refractivity contribution in [2.45, 2.75) is 38.0 Å². The summed E-state index contributed by atoms with van der Waals surface area (Å²) in [5, 5.41) is 8.89. The number of nitriles is 1. The normalized spacial score (nSPS) is 26.9. The van der Waals surface area contributed by atoms with Gasteiger partial charge in [0.15, 0.2) is 0 Å². The van der Waals surface area contributed by atoms with E-state index in [2.05, 4.69) is 4.90 Å². The van der Waals surface area contributed by atoms with Crippen LogP contribution < -0.4 is 0 Å². The summed E-state index contributed by atoms with van der Waals surface area (Å²) < 4.78 is 19.2. The van der Waals surface area contributed by atoms with Crippen LogP contribution in [0, 0.1) is 17.1 Å². The Morgan fingerprint density at radius 2 is 2.26 bits per heavy atom. The number of morpholine rings is 1. The molecule has 2 fully saturated rings. The van der Waals surface area contributed by atoms with Crippen molar-refractivity contribution >= 4 is 0 Å². The van der Waals surface area contributed by atoms with E-state index < -0.39 is 0 Å². The predicted octanol–water partition coefficient (Wildman–Crippen LogP) is 2.45. The van der Waals surface area contributed by atoms with E-state index in [4.69, 9.17) is 10.00 Å². The fourth-order valence-corrected chi connectivity index (χ4v) is 3.24. The summed E-state index contributed by atoms with van der Waals surface area (Å²) in [6, 6.07) is 7.06. The van der Waals surface area contributed by atoms with Crippen molar-refractivity contribution in [2.75, 3.05) is 13.2 Å². The second-order valence-corrected chi connectivity index (χ2v) is 5.34. The minimum atomic E-state index is -0.328. The third-order valence-corrected chi connectivity index (χ3v) is 4.07. The zero-order valence-corrected chi connectivity index (χ0v) is 10.8. The van der Waals surface area contributed by atoms with Crippen molar-refractivity contribution in [2.24, 2.45) is 0 Å². The Labute approximate surface area is 112 Å². The third kappa shape index (κ3) is 2.63. The molecular weight excluding hydrogens is 243 g/mol. The van der Waals surface area contributed by atoms with Crippen LogP contribution in [0.1, 0.15) is 30.4 Å². The van der Waals surface area contributed by atoms with E-state index >= 15 is 0 Å². The van der Waals surface area contributed by atoms with Gasteiger partial charge in [-0.15, -0.1) is 0 Å². The molecule has 2 unspecified atom stereocenters. The molecule has 19 heavy (non-hydrogen) atoms. The van der Waals surface area contributed by atoms with E-state index in [-0.39, 0.29) is 5.82 Å². The molecule has 4 heteroatoms. The maximum Gasteiger partial charge on any atom is 0.124 e. The molecule has 3 nitrogen and oxygen atoms in total. The van der Waals surface area contributed by atoms with Gasteiger partial charge < -0.3 is 4.74 Å². The molecule has 0 N–H and O–H groups in total. The van der Waals surface area contributed by atoms with Crippen LogP contribution in [0.2, 0.25) is 0 Å². The van der Waals surface area contributed by atoms with E-state index in [0.717, 1.165) is 31.6 Å². The van der Waals surface area contributed by atoms with Gasteiger partial charge in [0.25, 0.3) is 0 Å². The summed E-state index contributed by atoms with van der Waals surface area (Å²) in [6.45, 7) is 2.35. The lowest BCUT2D eigenvalue weighted by Crippen LogP contribution is -2.47. The topological polar surface area (TPSA) is 36.3 Å². The SMILES string of the molecule is N#Cc1cc(F)cc(CN2CCOC3CCCC32)c1. The first-order valence-electron chi connectivity index (χ1n) is 6.81. The molecule has 0 aromatic heterocycles. The minimum absolute atomic E-state index is 0.328. The van der Waals surface area contributed by atoms with Crippen LogP contribution in [-0.4, -0.2) is 30.2 Å². The first-order valence-corrected chi connectivity index (χ1v) is 6.81. The van der Waals surface area contributed by atoms with Crippen molar-refractivity contribution < 1.29 is 9.13 Å². The van der Waals surface area contributed by atoms with Crippen molar-refractivity contribution in [1.29, 1.82) is 5.26 Å². The Balaban J connectivity index is 1.77. The monoisotopic (exact) mass is 260 g/mol. The standard InChI is InChI=1S/C15H17FN2O/c16-13-7-11(9-17)6-12(8-13)10-18-4-5-19-15-3-1-2-14(15)18/h6-8,14-15H,1-5,10H2. The largest absolute Gasteiger partial charge is 0.375 e. The number of hydrogen-bond donors (Lipinski definition) is 0. The van der Waals surface area contributed by atoms with E-state index in [0.29, 0.717) is 24.3 Å². The summed E-state index contributed by atoms with van der Waals surface area (Å²) in [7, 11) is 0. The van der Waals surface area contributed by atoms with Gasteiger partial charge in [0, 0.05) is 19.1 Å². The molecule has 1 aliphatic heterocycles. The fraction of sp³-hybridized carbons (Fsp3) is 0.533. The van der Waals surface area contributed by atoms with E-state index in [1.807, 2.05) is 6.07 Å². The van der Waals surface area contributed by atoms with Gasteiger partial charge in [-0.2, -0.15) is 5.26 Å². The Hall–Kier alpha value is -1.44. The van der Waals surface area contributed by atoms with Crippen molar-refractivity contribution in [3.8, 4) is 6.07 Å². The molecule has 0 amide bonds. The predicted molar refractivity (Wildman–Crippen MR) is 68.9 cm³/mol. The summed E-state index contributed by atoms with van der Waals surface area (Å²) >= 11 is 0. The summed E-state index contributed by atoms with van der Waals surface area (Å²) in [4.78, 5) is 2.37. The zero-order chi connectivity index (χ0) is 13.2. The van der Waals surface area contributed by atoms with Crippen LogP contribution in [0.5, 0.6) is 0 Å². The van der Waals surface area contributed by atoms with Crippen molar-refractivity contribution in [3.63, 3.8) is 0 Å². The smallest absolute Gasteiger partial charge is 0.124 e. The lowest BCUT2D eigenvalue weighted by atomic mass is 10.1. The number of fused-ring (bicyclic) bond motifs is 1. The van der Waals surface area contributed by atoms with Gasteiger partial charge in [0.05, 0.1) is 24.3 Å². The van der Waals surface area contributed by atoms with Gasteiger partial charge in [-0.1, -0.05) is 0 Å². The molecule has 2 aliphatic rings. The molecule has 1 saturated carbocycles. The summed E-state index contributed by atoms with van der Waals surface area (Å²) in [5.74, 6) is -0.328. The minimum Gasteiger partial charge on any atom is -0.375 e. The maximum atomic E-state index is 13.4. The molecule has 1 aliphatic carbocycles. The zero-order valence-electron chi connectivity index (χ0n) is 10.8. The molecule has 1 heterocycles. The Morgan fingerprint density at radius 1 is 1.37 bits per heavy atom. The van der Waals surface area contributed by atoms with Gasteiger partial charge in [-0.25, -0.2) is 4.39 Å². The summed E-state index contributed by atoms with van der Waals surface area (Å²) in [5.41, 5.74) is 1.27. The molecule has 1 aromatic carbocycles. The highest BCUT2D eigenvalue weighted by Gasteiger charge is 2.35. The first-order chi connectivity index (χ1) is 9.26. The molecular formula is C15H17FN2O. The van der Waals surface area contributed by atoms with E-state index in [9.17, 15) is 4.39 Å². The van der Waals surface area contributed by atoms with Crippen molar-refractivity contribution in [1.82, 2.24) is 4.90 Å². The third-order valence-electron chi connectivity index (χ3n) is 4.07. The van der Waals surface area contributed by atoms with Crippen LogP contribution in [0.3, 0.4) is 0 Å². The number of halogens is 1. The van der Waals surface area contributed by atoms with Gasteiger partial charge in [-0.05, 0) is 43.0 Å². The molecule has 1 aromatic rings. The number of ether oxygens (including phenoxy) is 1. The van der Waals surface area contributed by atoms with Gasteiger partial charge in [0.2, 0.25) is 0 Å². The van der Waals surface area contributed by atoms with Crippen LogP contribution in [0.25, 0.3) is 0 Å². The number of rotatable bonds is 2. The summed E-state index contributed by atoms with van der Waals surface area (Å²) in [6.07, 6.45) is 3.84. The van der Waals surface area contributed by atoms with Crippen LogP contribution in [-0.2, 0) is 11.3 Å². The average Bonchev–Trinajstić information content (AvgIpc) is 2.87. The molecule has 0 radical (unpaired) electrons. The second-order valence-electron chi connectivity index (χ2n) is 5.34. The maximum absolute atomic E-state index is 13.4. The fourth-order valence-electron chi connectivity index (χ4n) is 3.24. The molecule has 2 atom stereocenters. The van der Waals surface area contributed by atoms with E-state index in [1.165, 1.54) is 18.6 Å². The Bertz CT molecular complexity index is 511. The van der Waals surface area contributed by atoms with Gasteiger partial charge >= 0.3 is 0 Å².